The Morgan fingerprint density at radius 1 is 1.30 bits per heavy atom. The van der Waals surface area contributed by atoms with Gasteiger partial charge in [-0.05, 0) is 49.7 Å². The molecule has 0 N–H and O–H groups in total. The van der Waals surface area contributed by atoms with Crippen LogP contribution in [0.5, 0.6) is 0 Å². The summed E-state index contributed by atoms with van der Waals surface area (Å²) in [6.07, 6.45) is 4.98. The summed E-state index contributed by atoms with van der Waals surface area (Å²) in [6, 6.07) is 7.82. The van der Waals surface area contributed by atoms with Crippen molar-refractivity contribution in [2.45, 2.75) is 39.2 Å². The lowest BCUT2D eigenvalue weighted by Crippen LogP contribution is -2.37. The predicted octanol–water partition coefficient (Wildman–Crippen LogP) is 4.12. The van der Waals surface area contributed by atoms with Crippen LogP contribution >= 0.6 is 11.6 Å². The summed E-state index contributed by atoms with van der Waals surface area (Å²) in [6.45, 7) is 3.46. The first-order valence-corrected chi connectivity index (χ1v) is 8.09. The maximum Gasteiger partial charge on any atom is 0.226 e. The van der Waals surface area contributed by atoms with Gasteiger partial charge in [-0.3, -0.25) is 4.79 Å². The number of hydrogen-bond acceptors (Lipinski definition) is 1. The molecule has 0 radical (unpaired) electrons. The summed E-state index contributed by atoms with van der Waals surface area (Å²) < 4.78 is 0. The smallest absolute Gasteiger partial charge is 0.226 e. The molecular formula is C17H22ClNO. The summed E-state index contributed by atoms with van der Waals surface area (Å²) in [5.74, 6) is 2.08. The van der Waals surface area contributed by atoms with Crippen LogP contribution in [-0.2, 0) is 11.3 Å². The molecule has 2 nitrogen and oxygen atoms in total. The Labute approximate surface area is 126 Å². The van der Waals surface area contributed by atoms with E-state index in [0.29, 0.717) is 18.4 Å². The van der Waals surface area contributed by atoms with Crippen molar-refractivity contribution >= 4 is 17.5 Å². The van der Waals surface area contributed by atoms with Crippen molar-refractivity contribution in [3.63, 3.8) is 0 Å². The number of amides is 1. The fourth-order valence-electron chi connectivity index (χ4n) is 3.96. The molecular weight excluding hydrogens is 270 g/mol. The van der Waals surface area contributed by atoms with E-state index in [4.69, 9.17) is 11.6 Å². The molecule has 3 heteroatoms. The maximum atomic E-state index is 12.8. The third-order valence-electron chi connectivity index (χ3n) is 5.07. The quantitative estimate of drug-likeness (QED) is 0.817. The maximum absolute atomic E-state index is 12.8. The van der Waals surface area contributed by atoms with E-state index in [0.717, 1.165) is 29.5 Å². The molecule has 3 atom stereocenters. The Morgan fingerprint density at radius 3 is 2.70 bits per heavy atom. The molecule has 20 heavy (non-hydrogen) atoms. The molecule has 3 unspecified atom stereocenters. The number of benzene rings is 1. The Kier molecular flexibility index (Phi) is 4.02. The van der Waals surface area contributed by atoms with E-state index in [1.165, 1.54) is 19.3 Å². The van der Waals surface area contributed by atoms with Crippen LogP contribution in [0.4, 0.5) is 0 Å². The minimum Gasteiger partial charge on any atom is -0.338 e. The highest BCUT2D eigenvalue weighted by Gasteiger charge is 2.44. The van der Waals surface area contributed by atoms with Gasteiger partial charge in [0.15, 0.2) is 0 Å². The number of fused-ring (bicyclic) bond motifs is 2. The number of carbonyl (C=O) groups excluding carboxylic acids is 1. The molecule has 2 aliphatic rings. The van der Waals surface area contributed by atoms with Crippen molar-refractivity contribution in [2.75, 3.05) is 6.54 Å². The third kappa shape index (κ3) is 2.58. The largest absolute Gasteiger partial charge is 0.338 e. The average Bonchev–Trinajstić information content (AvgIpc) is 3.08. The van der Waals surface area contributed by atoms with Gasteiger partial charge in [0.1, 0.15) is 0 Å². The zero-order valence-corrected chi connectivity index (χ0v) is 12.8. The van der Waals surface area contributed by atoms with Gasteiger partial charge in [-0.2, -0.15) is 0 Å². The molecule has 0 aliphatic heterocycles. The van der Waals surface area contributed by atoms with Gasteiger partial charge in [0, 0.05) is 24.0 Å². The number of hydrogen-bond donors (Lipinski definition) is 0. The number of carbonyl (C=O) groups is 1. The lowest BCUT2D eigenvalue weighted by atomic mass is 9.87. The number of halogens is 1. The van der Waals surface area contributed by atoms with Gasteiger partial charge in [0.05, 0.1) is 0 Å². The minimum absolute atomic E-state index is 0.274. The number of rotatable bonds is 4. The monoisotopic (exact) mass is 291 g/mol. The summed E-state index contributed by atoms with van der Waals surface area (Å²) in [7, 11) is 0. The lowest BCUT2D eigenvalue weighted by Gasteiger charge is -2.29. The lowest BCUT2D eigenvalue weighted by molar-refractivity contribution is -0.137. The molecule has 108 valence electrons. The van der Waals surface area contributed by atoms with Crippen molar-refractivity contribution in [2.24, 2.45) is 17.8 Å². The fourth-order valence-corrected chi connectivity index (χ4v) is 4.15. The highest BCUT2D eigenvalue weighted by atomic mass is 35.5. The normalized spacial score (nSPS) is 27.8. The van der Waals surface area contributed by atoms with Crippen molar-refractivity contribution < 1.29 is 4.79 Å². The van der Waals surface area contributed by atoms with Gasteiger partial charge < -0.3 is 4.90 Å². The fraction of sp³-hybridized carbons (Fsp3) is 0.588. The Balaban J connectivity index is 1.70. The predicted molar refractivity (Wildman–Crippen MR) is 81.5 cm³/mol. The molecule has 0 saturated heterocycles. The van der Waals surface area contributed by atoms with Crippen LogP contribution in [0.25, 0.3) is 0 Å². The standard InChI is InChI=1S/C17H22ClNO/c1-2-19(11-14-5-3-4-6-16(14)18)17(20)15-10-12-7-8-13(15)9-12/h3-6,12-13,15H,2,7-11H2,1H3. The van der Waals surface area contributed by atoms with E-state index < -0.39 is 0 Å². The van der Waals surface area contributed by atoms with Crippen LogP contribution in [0, 0.1) is 17.8 Å². The van der Waals surface area contributed by atoms with Gasteiger partial charge in [0.2, 0.25) is 5.91 Å². The molecule has 1 amide bonds. The molecule has 1 aromatic rings. The molecule has 2 fully saturated rings. The summed E-state index contributed by atoms with van der Waals surface area (Å²) in [5, 5.41) is 0.756. The van der Waals surface area contributed by atoms with Crippen molar-refractivity contribution in [1.82, 2.24) is 4.90 Å². The second-order valence-corrected chi connectivity index (χ2v) is 6.63. The van der Waals surface area contributed by atoms with E-state index in [-0.39, 0.29) is 5.92 Å². The van der Waals surface area contributed by atoms with Crippen LogP contribution < -0.4 is 0 Å². The second-order valence-electron chi connectivity index (χ2n) is 6.23. The zero-order valence-electron chi connectivity index (χ0n) is 12.0. The van der Waals surface area contributed by atoms with Crippen LogP contribution in [0.1, 0.15) is 38.2 Å². The summed E-state index contributed by atoms with van der Waals surface area (Å²) in [4.78, 5) is 14.7. The van der Waals surface area contributed by atoms with Gasteiger partial charge in [-0.1, -0.05) is 36.2 Å². The second kappa shape index (κ2) is 5.77. The molecule has 2 aliphatic carbocycles. The molecule has 3 rings (SSSR count). The van der Waals surface area contributed by atoms with Crippen molar-refractivity contribution in [1.29, 1.82) is 0 Å². The van der Waals surface area contributed by atoms with Crippen LogP contribution in [-0.4, -0.2) is 17.4 Å². The minimum atomic E-state index is 0.274. The zero-order chi connectivity index (χ0) is 14.1. The van der Waals surface area contributed by atoms with Crippen LogP contribution in [0.2, 0.25) is 5.02 Å². The van der Waals surface area contributed by atoms with Crippen LogP contribution in [0.15, 0.2) is 24.3 Å². The highest BCUT2D eigenvalue weighted by Crippen LogP contribution is 2.49. The molecule has 2 bridgehead atoms. The summed E-state index contributed by atoms with van der Waals surface area (Å²) in [5.41, 5.74) is 1.05. The molecule has 1 aromatic carbocycles. The van der Waals surface area contributed by atoms with Gasteiger partial charge in [-0.25, -0.2) is 0 Å². The first-order chi connectivity index (χ1) is 9.69. The van der Waals surface area contributed by atoms with Gasteiger partial charge >= 0.3 is 0 Å². The first-order valence-electron chi connectivity index (χ1n) is 7.71. The van der Waals surface area contributed by atoms with Crippen LogP contribution in [0.3, 0.4) is 0 Å². The van der Waals surface area contributed by atoms with E-state index in [1.807, 2.05) is 29.2 Å². The van der Waals surface area contributed by atoms with Gasteiger partial charge in [0.25, 0.3) is 0 Å². The molecule has 0 aromatic heterocycles. The van der Waals surface area contributed by atoms with E-state index >= 15 is 0 Å². The number of nitrogens with zero attached hydrogens (tertiary/aromatic N) is 1. The molecule has 0 heterocycles. The Bertz CT molecular complexity index is 502. The van der Waals surface area contributed by atoms with Crippen molar-refractivity contribution in [3.8, 4) is 0 Å². The Morgan fingerprint density at radius 2 is 2.10 bits per heavy atom. The first kappa shape index (κ1) is 13.9. The summed E-state index contributed by atoms with van der Waals surface area (Å²) >= 11 is 6.21. The third-order valence-corrected chi connectivity index (χ3v) is 5.44. The molecule has 0 spiro atoms. The van der Waals surface area contributed by atoms with Gasteiger partial charge in [-0.15, -0.1) is 0 Å². The van der Waals surface area contributed by atoms with Crippen molar-refractivity contribution in [3.05, 3.63) is 34.9 Å². The topological polar surface area (TPSA) is 20.3 Å². The van der Waals surface area contributed by atoms with E-state index in [2.05, 4.69) is 6.92 Å². The van der Waals surface area contributed by atoms with E-state index in [9.17, 15) is 4.79 Å². The SMILES string of the molecule is CCN(Cc1ccccc1Cl)C(=O)C1CC2CCC1C2. The van der Waals surface area contributed by atoms with E-state index in [1.54, 1.807) is 0 Å². The molecule has 2 saturated carbocycles. The average molecular weight is 292 g/mol. The Hall–Kier alpha value is -1.02. The highest BCUT2D eigenvalue weighted by molar-refractivity contribution is 6.31.